The molecule has 4 rings (SSSR count). The quantitative estimate of drug-likeness (QED) is 0.574. The van der Waals surface area contributed by atoms with Crippen LogP contribution in [0.25, 0.3) is 28.4 Å². The van der Waals surface area contributed by atoms with Crippen molar-refractivity contribution >= 4 is 5.65 Å². The number of unbranched alkanes of at least 4 members (excludes halogenated alkanes) is 2. The van der Waals surface area contributed by atoms with Crippen molar-refractivity contribution in [3.8, 4) is 22.8 Å². The SMILES string of the molecule is CCCCCc1nc2nncc-2c2nc(-c3ccccc3)[nH]n12. The van der Waals surface area contributed by atoms with E-state index in [9.17, 15) is 0 Å². The van der Waals surface area contributed by atoms with Crippen molar-refractivity contribution < 1.29 is 0 Å². The van der Waals surface area contributed by atoms with Crippen LogP contribution in [0, 0.1) is 0 Å². The van der Waals surface area contributed by atoms with Crippen molar-refractivity contribution in [3.05, 3.63) is 42.4 Å². The average Bonchev–Trinajstić information content (AvgIpc) is 3.22. The first-order valence-electron chi connectivity index (χ1n) is 8.01. The number of hydrogen-bond acceptors (Lipinski definition) is 4. The van der Waals surface area contributed by atoms with Gasteiger partial charge in [-0.3, -0.25) is 5.10 Å². The van der Waals surface area contributed by atoms with Gasteiger partial charge in [-0.25, -0.2) is 14.5 Å². The molecule has 116 valence electrons. The molecule has 1 aromatic carbocycles. The Kier molecular flexibility index (Phi) is 3.49. The number of nitrogens with zero attached hydrogens (tertiary/aromatic N) is 5. The van der Waals surface area contributed by atoms with Crippen LogP contribution in [0.3, 0.4) is 0 Å². The minimum absolute atomic E-state index is 0.669. The molecule has 2 aromatic rings. The lowest BCUT2D eigenvalue weighted by atomic mass is 10.2. The van der Waals surface area contributed by atoms with Crippen molar-refractivity contribution in [1.29, 1.82) is 0 Å². The lowest BCUT2D eigenvalue weighted by Gasteiger charge is -2.06. The predicted molar refractivity (Wildman–Crippen MR) is 88.2 cm³/mol. The number of fused-ring (bicyclic) bond motifs is 3. The van der Waals surface area contributed by atoms with E-state index in [0.29, 0.717) is 5.82 Å². The summed E-state index contributed by atoms with van der Waals surface area (Å²) in [6.45, 7) is 2.20. The minimum Gasteiger partial charge on any atom is -0.274 e. The fourth-order valence-corrected chi connectivity index (χ4v) is 2.80. The van der Waals surface area contributed by atoms with E-state index < -0.39 is 0 Å². The van der Waals surface area contributed by atoms with Gasteiger partial charge in [-0.1, -0.05) is 50.1 Å². The highest BCUT2D eigenvalue weighted by molar-refractivity contribution is 5.74. The summed E-state index contributed by atoms with van der Waals surface area (Å²) >= 11 is 0. The fourth-order valence-electron chi connectivity index (χ4n) is 2.80. The van der Waals surface area contributed by atoms with Crippen LogP contribution in [0.5, 0.6) is 0 Å². The third-order valence-corrected chi connectivity index (χ3v) is 4.01. The molecule has 0 aliphatic carbocycles. The van der Waals surface area contributed by atoms with E-state index in [4.69, 9.17) is 4.98 Å². The van der Waals surface area contributed by atoms with Gasteiger partial charge >= 0.3 is 0 Å². The summed E-state index contributed by atoms with van der Waals surface area (Å²) in [4.78, 5) is 9.42. The van der Waals surface area contributed by atoms with Crippen LogP contribution in [-0.2, 0) is 6.42 Å². The van der Waals surface area contributed by atoms with E-state index in [1.54, 1.807) is 6.20 Å². The molecule has 0 saturated heterocycles. The minimum atomic E-state index is 0.669. The molecule has 3 heterocycles. The average molecular weight is 306 g/mol. The van der Waals surface area contributed by atoms with Gasteiger partial charge in [-0.2, -0.15) is 5.10 Å². The van der Waals surface area contributed by atoms with Crippen molar-refractivity contribution in [1.82, 2.24) is 29.8 Å². The van der Waals surface area contributed by atoms with Crippen LogP contribution in [0.2, 0.25) is 0 Å². The number of aryl methyl sites for hydroxylation is 1. The van der Waals surface area contributed by atoms with Crippen LogP contribution in [-0.4, -0.2) is 29.8 Å². The molecule has 0 spiro atoms. The number of aromatic nitrogens is 6. The Bertz CT molecular complexity index is 892. The smallest absolute Gasteiger partial charge is 0.188 e. The zero-order valence-electron chi connectivity index (χ0n) is 13.0. The molecule has 6 heteroatoms. The molecule has 2 aliphatic heterocycles. The topological polar surface area (TPSA) is 71.8 Å². The molecule has 0 amide bonds. The molecular formula is C17H18N6. The lowest BCUT2D eigenvalue weighted by molar-refractivity contribution is 0.672. The van der Waals surface area contributed by atoms with Crippen LogP contribution in [0.15, 0.2) is 36.5 Å². The Morgan fingerprint density at radius 3 is 2.78 bits per heavy atom. The van der Waals surface area contributed by atoms with Gasteiger partial charge in [0.15, 0.2) is 17.3 Å². The molecule has 0 fully saturated rings. The van der Waals surface area contributed by atoms with Gasteiger partial charge in [0.05, 0.1) is 11.8 Å². The Morgan fingerprint density at radius 1 is 1.09 bits per heavy atom. The maximum Gasteiger partial charge on any atom is 0.188 e. The van der Waals surface area contributed by atoms with E-state index in [1.807, 2.05) is 34.8 Å². The van der Waals surface area contributed by atoms with Gasteiger partial charge < -0.3 is 0 Å². The fraction of sp³-hybridized carbons (Fsp3) is 0.294. The highest BCUT2D eigenvalue weighted by Crippen LogP contribution is 2.25. The van der Waals surface area contributed by atoms with Crippen LogP contribution in [0.1, 0.15) is 32.0 Å². The van der Waals surface area contributed by atoms with E-state index in [-0.39, 0.29) is 0 Å². The van der Waals surface area contributed by atoms with E-state index >= 15 is 0 Å². The van der Waals surface area contributed by atoms with Gasteiger partial charge in [-0.05, 0) is 6.42 Å². The molecule has 2 aliphatic rings. The van der Waals surface area contributed by atoms with E-state index in [0.717, 1.165) is 41.3 Å². The zero-order chi connectivity index (χ0) is 15.6. The highest BCUT2D eigenvalue weighted by atomic mass is 15.3. The third-order valence-electron chi connectivity index (χ3n) is 4.01. The molecule has 0 bridgehead atoms. The maximum atomic E-state index is 4.76. The first kappa shape index (κ1) is 13.9. The Balaban J connectivity index is 1.86. The second-order valence-electron chi connectivity index (χ2n) is 5.66. The number of nitrogens with one attached hydrogen (secondary N) is 1. The lowest BCUT2D eigenvalue weighted by Crippen LogP contribution is -2.05. The Morgan fingerprint density at radius 2 is 1.96 bits per heavy atom. The summed E-state index contributed by atoms with van der Waals surface area (Å²) < 4.78 is 1.98. The van der Waals surface area contributed by atoms with Crippen molar-refractivity contribution in [2.24, 2.45) is 0 Å². The molecular weight excluding hydrogens is 288 g/mol. The number of rotatable bonds is 5. The molecule has 0 unspecified atom stereocenters. The van der Waals surface area contributed by atoms with Gasteiger partial charge in [0, 0.05) is 12.0 Å². The monoisotopic (exact) mass is 306 g/mol. The second kappa shape index (κ2) is 5.79. The molecule has 0 atom stereocenters. The second-order valence-corrected chi connectivity index (χ2v) is 5.66. The van der Waals surface area contributed by atoms with Crippen LogP contribution in [0.4, 0.5) is 0 Å². The van der Waals surface area contributed by atoms with E-state index in [2.05, 4.69) is 27.2 Å². The molecule has 1 N–H and O–H groups in total. The van der Waals surface area contributed by atoms with Gasteiger partial charge in [-0.15, -0.1) is 5.10 Å². The molecule has 1 aromatic heterocycles. The first-order chi connectivity index (χ1) is 11.4. The van der Waals surface area contributed by atoms with Gasteiger partial charge in [0.1, 0.15) is 5.82 Å². The summed E-state index contributed by atoms with van der Waals surface area (Å²) in [6.07, 6.45) is 6.10. The van der Waals surface area contributed by atoms with Gasteiger partial charge in [0.2, 0.25) is 0 Å². The van der Waals surface area contributed by atoms with Gasteiger partial charge in [0.25, 0.3) is 0 Å². The third kappa shape index (κ3) is 2.46. The Labute approximate surface area is 133 Å². The van der Waals surface area contributed by atoms with Crippen molar-refractivity contribution in [2.45, 2.75) is 32.6 Å². The van der Waals surface area contributed by atoms with Crippen molar-refractivity contribution in [3.63, 3.8) is 0 Å². The van der Waals surface area contributed by atoms with Crippen LogP contribution >= 0.6 is 0 Å². The standard InChI is InChI=1S/C17H18N6/c1-2-3-5-10-14-19-16-13(11-18-21-16)17-20-15(22-23(14)17)12-8-6-4-7-9-12/h4,6-9,11H,2-3,5,10H2,1H3,(H,20,22). The van der Waals surface area contributed by atoms with E-state index in [1.165, 1.54) is 12.8 Å². The first-order valence-corrected chi connectivity index (χ1v) is 8.01. The molecule has 23 heavy (non-hydrogen) atoms. The number of aromatic amines is 1. The largest absolute Gasteiger partial charge is 0.274 e. The summed E-state index contributed by atoms with van der Waals surface area (Å²) in [5.41, 5.74) is 2.77. The summed E-state index contributed by atoms with van der Waals surface area (Å²) in [6, 6.07) is 10.1. The molecule has 0 saturated carbocycles. The molecule has 0 radical (unpaired) electrons. The predicted octanol–water partition coefficient (Wildman–Crippen LogP) is 3.35. The maximum absolute atomic E-state index is 4.76. The molecule has 6 nitrogen and oxygen atoms in total. The van der Waals surface area contributed by atoms with Crippen molar-refractivity contribution in [2.75, 3.05) is 0 Å². The zero-order valence-corrected chi connectivity index (χ0v) is 13.0. The summed E-state index contributed by atoms with van der Waals surface area (Å²) in [5.74, 6) is 2.46. The highest BCUT2D eigenvalue weighted by Gasteiger charge is 2.19. The number of benzene rings is 1. The van der Waals surface area contributed by atoms with Crippen LogP contribution < -0.4 is 0 Å². The summed E-state index contributed by atoms with van der Waals surface area (Å²) in [7, 11) is 0. The normalized spacial score (nSPS) is 11.5. The number of hydrogen-bond donors (Lipinski definition) is 1. The number of H-pyrrole nitrogens is 1. The summed E-state index contributed by atoms with van der Waals surface area (Å²) in [5, 5.41) is 11.5. The Hall–Kier alpha value is -2.76.